The molecule has 1 amide bonds. The zero-order valence-corrected chi connectivity index (χ0v) is 9.29. The summed E-state index contributed by atoms with van der Waals surface area (Å²) in [5.74, 6) is 2.39. The van der Waals surface area contributed by atoms with Crippen molar-refractivity contribution in [1.29, 1.82) is 0 Å². The molecule has 1 N–H and O–H groups in total. The minimum atomic E-state index is -0.610. The van der Waals surface area contributed by atoms with E-state index in [-0.39, 0.29) is 5.91 Å². The minimum Gasteiger partial charge on any atom is -0.336 e. The van der Waals surface area contributed by atoms with Gasteiger partial charge in [0.2, 0.25) is 0 Å². The van der Waals surface area contributed by atoms with Crippen LogP contribution in [0, 0.1) is 19.3 Å². The molecule has 1 aromatic rings. The molecule has 0 unspecified atom stereocenters. The Morgan fingerprint density at radius 2 is 2.13 bits per heavy atom. The predicted molar refractivity (Wildman–Crippen MR) is 61.6 cm³/mol. The van der Waals surface area contributed by atoms with E-state index in [1.165, 1.54) is 0 Å². The van der Waals surface area contributed by atoms with Gasteiger partial charge in [0.1, 0.15) is 0 Å². The Labute approximate surface area is 90.7 Å². The number of hydrogen-bond acceptors (Lipinski definition) is 1. The summed E-state index contributed by atoms with van der Waals surface area (Å²) in [6.07, 6.45) is 5.30. The lowest BCUT2D eigenvalue weighted by Crippen LogP contribution is -2.42. The monoisotopic (exact) mass is 201 g/mol. The molecule has 0 bridgehead atoms. The van der Waals surface area contributed by atoms with E-state index in [2.05, 4.69) is 11.2 Å². The summed E-state index contributed by atoms with van der Waals surface area (Å²) >= 11 is 0. The molecule has 2 heteroatoms. The first-order chi connectivity index (χ1) is 6.94. The number of terminal acetylenes is 1. The first-order valence-corrected chi connectivity index (χ1v) is 4.81. The molecule has 0 saturated carbocycles. The molecule has 0 radical (unpaired) electrons. The average molecular weight is 201 g/mol. The normalized spacial score (nSPS) is 10.5. The van der Waals surface area contributed by atoms with Gasteiger partial charge in [-0.15, -0.1) is 6.42 Å². The third kappa shape index (κ3) is 3.14. The number of aryl methyl sites for hydroxylation is 1. The van der Waals surface area contributed by atoms with Crippen LogP contribution in [0.1, 0.15) is 29.8 Å². The van der Waals surface area contributed by atoms with Gasteiger partial charge in [0.25, 0.3) is 5.91 Å². The van der Waals surface area contributed by atoms with Crippen LogP contribution in [0.5, 0.6) is 0 Å². The molecular formula is C13H15NO. The quantitative estimate of drug-likeness (QED) is 0.730. The van der Waals surface area contributed by atoms with Crippen LogP contribution in [0.15, 0.2) is 24.3 Å². The second kappa shape index (κ2) is 4.18. The fourth-order valence-corrected chi connectivity index (χ4v) is 1.18. The lowest BCUT2D eigenvalue weighted by atomic mass is 10.1. The van der Waals surface area contributed by atoms with Crippen LogP contribution >= 0.6 is 0 Å². The zero-order valence-electron chi connectivity index (χ0n) is 9.29. The molecule has 0 atom stereocenters. The number of carbonyl (C=O) groups excluding carboxylic acids is 1. The second-order valence-electron chi connectivity index (χ2n) is 4.09. The molecule has 0 saturated heterocycles. The van der Waals surface area contributed by atoms with E-state index >= 15 is 0 Å². The topological polar surface area (TPSA) is 29.1 Å². The molecule has 0 aliphatic rings. The molecule has 15 heavy (non-hydrogen) atoms. The summed E-state index contributed by atoms with van der Waals surface area (Å²) in [6, 6.07) is 7.41. The first-order valence-electron chi connectivity index (χ1n) is 4.81. The highest BCUT2D eigenvalue weighted by Gasteiger charge is 2.17. The van der Waals surface area contributed by atoms with Gasteiger partial charge in [0, 0.05) is 5.56 Å². The number of rotatable bonds is 2. The molecule has 0 aromatic heterocycles. The maximum Gasteiger partial charge on any atom is 0.252 e. The van der Waals surface area contributed by atoms with Crippen LogP contribution in [-0.4, -0.2) is 11.4 Å². The summed E-state index contributed by atoms with van der Waals surface area (Å²) < 4.78 is 0. The van der Waals surface area contributed by atoms with Crippen LogP contribution in [0.2, 0.25) is 0 Å². The summed E-state index contributed by atoms with van der Waals surface area (Å²) in [7, 11) is 0. The molecule has 78 valence electrons. The van der Waals surface area contributed by atoms with E-state index in [1.807, 2.05) is 25.1 Å². The third-order valence-electron chi connectivity index (χ3n) is 2.07. The lowest BCUT2D eigenvalue weighted by molar-refractivity contribution is 0.0930. The molecule has 0 aliphatic carbocycles. The van der Waals surface area contributed by atoms with Crippen molar-refractivity contribution in [3.8, 4) is 12.3 Å². The van der Waals surface area contributed by atoms with E-state index in [4.69, 9.17) is 6.42 Å². The Balaban J connectivity index is 2.84. The van der Waals surface area contributed by atoms with E-state index in [0.717, 1.165) is 5.56 Å². The van der Waals surface area contributed by atoms with Crippen LogP contribution in [0.3, 0.4) is 0 Å². The molecule has 2 nitrogen and oxygen atoms in total. The van der Waals surface area contributed by atoms with Crippen molar-refractivity contribution in [3.05, 3.63) is 35.4 Å². The summed E-state index contributed by atoms with van der Waals surface area (Å²) in [6.45, 7) is 5.53. The zero-order chi connectivity index (χ0) is 11.5. The van der Waals surface area contributed by atoms with Crippen LogP contribution in [0.4, 0.5) is 0 Å². The first kappa shape index (κ1) is 11.3. The molecule has 0 aliphatic heterocycles. The van der Waals surface area contributed by atoms with Gasteiger partial charge in [0.15, 0.2) is 0 Å². The van der Waals surface area contributed by atoms with Crippen molar-refractivity contribution in [2.24, 2.45) is 0 Å². The van der Waals surface area contributed by atoms with Crippen LogP contribution in [0.25, 0.3) is 0 Å². The molecule has 0 heterocycles. The van der Waals surface area contributed by atoms with Gasteiger partial charge in [-0.05, 0) is 32.9 Å². The number of amides is 1. The number of carbonyl (C=O) groups is 1. The Morgan fingerprint density at radius 3 is 2.67 bits per heavy atom. The molecule has 0 spiro atoms. The van der Waals surface area contributed by atoms with Crippen LogP contribution < -0.4 is 5.32 Å². The largest absolute Gasteiger partial charge is 0.336 e. The van der Waals surface area contributed by atoms with E-state index in [0.29, 0.717) is 5.56 Å². The standard InChI is InChI=1S/C13H15NO/c1-5-13(3,4)14-12(15)11-8-6-7-10(2)9-11/h1,6-9H,2-4H3,(H,14,15). The SMILES string of the molecule is C#CC(C)(C)NC(=O)c1cccc(C)c1. The fraction of sp³-hybridized carbons (Fsp3) is 0.308. The van der Waals surface area contributed by atoms with E-state index in [1.54, 1.807) is 19.9 Å². The van der Waals surface area contributed by atoms with Crippen molar-refractivity contribution in [2.45, 2.75) is 26.3 Å². The van der Waals surface area contributed by atoms with Crippen LogP contribution in [-0.2, 0) is 0 Å². The van der Waals surface area contributed by atoms with Crippen molar-refractivity contribution in [3.63, 3.8) is 0 Å². The van der Waals surface area contributed by atoms with Crippen molar-refractivity contribution in [2.75, 3.05) is 0 Å². The molecule has 1 aromatic carbocycles. The summed E-state index contributed by atoms with van der Waals surface area (Å²) in [4.78, 5) is 11.8. The Morgan fingerprint density at radius 1 is 1.47 bits per heavy atom. The van der Waals surface area contributed by atoms with E-state index < -0.39 is 5.54 Å². The van der Waals surface area contributed by atoms with Gasteiger partial charge in [-0.2, -0.15) is 0 Å². The van der Waals surface area contributed by atoms with Gasteiger partial charge < -0.3 is 5.32 Å². The van der Waals surface area contributed by atoms with Gasteiger partial charge in [-0.3, -0.25) is 4.79 Å². The van der Waals surface area contributed by atoms with E-state index in [9.17, 15) is 4.79 Å². The Hall–Kier alpha value is -1.75. The maximum absolute atomic E-state index is 11.8. The molecule has 0 fully saturated rings. The minimum absolute atomic E-state index is 0.137. The van der Waals surface area contributed by atoms with Gasteiger partial charge in [0.05, 0.1) is 5.54 Å². The fourth-order valence-electron chi connectivity index (χ4n) is 1.18. The number of nitrogens with one attached hydrogen (secondary N) is 1. The van der Waals surface area contributed by atoms with Gasteiger partial charge in [-0.25, -0.2) is 0 Å². The molecular weight excluding hydrogens is 186 g/mol. The highest BCUT2D eigenvalue weighted by Crippen LogP contribution is 2.06. The van der Waals surface area contributed by atoms with Crippen molar-refractivity contribution >= 4 is 5.91 Å². The highest BCUT2D eigenvalue weighted by molar-refractivity contribution is 5.95. The predicted octanol–water partition coefficient (Wildman–Crippen LogP) is 2.14. The number of hydrogen-bond donors (Lipinski definition) is 1. The number of benzene rings is 1. The average Bonchev–Trinajstić information content (AvgIpc) is 2.17. The van der Waals surface area contributed by atoms with Gasteiger partial charge >= 0.3 is 0 Å². The smallest absolute Gasteiger partial charge is 0.252 e. The third-order valence-corrected chi connectivity index (χ3v) is 2.07. The highest BCUT2D eigenvalue weighted by atomic mass is 16.1. The Bertz CT molecular complexity index is 413. The lowest BCUT2D eigenvalue weighted by Gasteiger charge is -2.19. The van der Waals surface area contributed by atoms with Crippen molar-refractivity contribution < 1.29 is 4.79 Å². The summed E-state index contributed by atoms with van der Waals surface area (Å²) in [5, 5.41) is 2.77. The maximum atomic E-state index is 11.8. The molecule has 1 rings (SSSR count). The van der Waals surface area contributed by atoms with Gasteiger partial charge in [-0.1, -0.05) is 23.6 Å². The Kier molecular flexibility index (Phi) is 3.16. The van der Waals surface area contributed by atoms with Crippen molar-refractivity contribution in [1.82, 2.24) is 5.32 Å². The second-order valence-corrected chi connectivity index (χ2v) is 4.09. The summed E-state index contributed by atoms with van der Waals surface area (Å²) in [5.41, 5.74) is 1.08.